The van der Waals surface area contributed by atoms with Crippen LogP contribution in [0.4, 0.5) is 14.5 Å². The van der Waals surface area contributed by atoms with Crippen molar-refractivity contribution in [3.63, 3.8) is 0 Å². The van der Waals surface area contributed by atoms with Gasteiger partial charge in [-0.1, -0.05) is 12.1 Å². The lowest BCUT2D eigenvalue weighted by atomic mass is 10.2. The molecule has 134 valence electrons. The maximum Gasteiger partial charge on any atom is 0.202 e. The fourth-order valence-corrected chi connectivity index (χ4v) is 2.38. The van der Waals surface area contributed by atoms with Crippen LogP contribution in [0.25, 0.3) is 0 Å². The summed E-state index contributed by atoms with van der Waals surface area (Å²) in [6, 6.07) is 16.7. The third kappa shape index (κ3) is 4.03. The van der Waals surface area contributed by atoms with Crippen LogP contribution in [0, 0.1) is 11.6 Å². The van der Waals surface area contributed by atoms with Gasteiger partial charge in [0.2, 0.25) is 5.82 Å². The number of phenolic OH excluding ortho intramolecular Hbond substituents is 1. The molecule has 0 amide bonds. The number of methoxy groups -OCH3 is 1. The summed E-state index contributed by atoms with van der Waals surface area (Å²) >= 11 is 0. The van der Waals surface area contributed by atoms with Gasteiger partial charge < -0.3 is 19.9 Å². The first-order valence-corrected chi connectivity index (χ1v) is 7.88. The normalized spacial score (nSPS) is 10.4. The Kier molecular flexibility index (Phi) is 5.22. The Bertz CT molecular complexity index is 898. The van der Waals surface area contributed by atoms with Crippen molar-refractivity contribution in [2.75, 3.05) is 12.4 Å². The predicted molar refractivity (Wildman–Crippen MR) is 94.9 cm³/mol. The van der Waals surface area contributed by atoms with Crippen LogP contribution in [0.1, 0.15) is 5.56 Å². The van der Waals surface area contributed by atoms with E-state index in [-0.39, 0.29) is 5.69 Å². The molecule has 0 fully saturated rings. The third-order valence-corrected chi connectivity index (χ3v) is 3.75. The highest BCUT2D eigenvalue weighted by atomic mass is 19.2. The first-order valence-electron chi connectivity index (χ1n) is 7.88. The topological polar surface area (TPSA) is 50.7 Å². The second-order valence-corrected chi connectivity index (χ2v) is 5.54. The van der Waals surface area contributed by atoms with Crippen LogP contribution in [-0.4, -0.2) is 12.2 Å². The quantitative estimate of drug-likeness (QED) is 0.604. The van der Waals surface area contributed by atoms with Crippen molar-refractivity contribution < 1.29 is 23.4 Å². The van der Waals surface area contributed by atoms with Gasteiger partial charge in [0.15, 0.2) is 11.6 Å². The van der Waals surface area contributed by atoms with Crippen molar-refractivity contribution in [1.29, 1.82) is 0 Å². The smallest absolute Gasteiger partial charge is 0.202 e. The molecule has 26 heavy (non-hydrogen) atoms. The van der Waals surface area contributed by atoms with Gasteiger partial charge in [-0.2, -0.15) is 4.39 Å². The Hall–Kier alpha value is -3.28. The number of ether oxygens (including phenoxy) is 2. The summed E-state index contributed by atoms with van der Waals surface area (Å²) in [5.41, 5.74) is 0.963. The van der Waals surface area contributed by atoms with Crippen LogP contribution in [0.2, 0.25) is 0 Å². The number of nitrogens with one attached hydrogen (secondary N) is 1. The van der Waals surface area contributed by atoms with Crippen LogP contribution < -0.4 is 14.8 Å². The highest BCUT2D eigenvalue weighted by Crippen LogP contribution is 2.29. The van der Waals surface area contributed by atoms with Crippen molar-refractivity contribution in [3.05, 3.63) is 77.9 Å². The Morgan fingerprint density at radius 1 is 0.923 bits per heavy atom. The number of anilines is 1. The zero-order valence-electron chi connectivity index (χ0n) is 14.0. The van der Waals surface area contributed by atoms with Gasteiger partial charge in [0.05, 0.1) is 12.8 Å². The summed E-state index contributed by atoms with van der Waals surface area (Å²) in [6.45, 7) is 0.304. The maximum absolute atomic E-state index is 13.4. The van der Waals surface area contributed by atoms with Gasteiger partial charge >= 0.3 is 0 Å². The van der Waals surface area contributed by atoms with Crippen molar-refractivity contribution in [1.82, 2.24) is 0 Å². The molecule has 4 nitrogen and oxygen atoms in total. The molecular weight excluding hydrogens is 340 g/mol. The molecule has 6 heteroatoms. The van der Waals surface area contributed by atoms with Crippen molar-refractivity contribution >= 4 is 5.69 Å². The number of phenols is 1. The molecule has 0 saturated carbocycles. The molecule has 3 aromatic rings. The minimum atomic E-state index is -1.27. The minimum absolute atomic E-state index is 0.116. The molecule has 0 heterocycles. The second-order valence-electron chi connectivity index (χ2n) is 5.54. The lowest BCUT2D eigenvalue weighted by Crippen LogP contribution is -2.01. The standard InChI is InChI=1S/C20H17F2NO3/c1-25-14-5-7-15(8-6-14)26-16-4-2-3-13(11-16)12-23-18-10-9-17(21)19(22)20(18)24/h2-11,23-24H,12H2,1H3. The summed E-state index contributed by atoms with van der Waals surface area (Å²) < 4.78 is 37.3. The summed E-state index contributed by atoms with van der Waals surface area (Å²) in [7, 11) is 1.59. The van der Waals surface area contributed by atoms with Crippen molar-refractivity contribution in [2.45, 2.75) is 6.54 Å². The molecule has 0 radical (unpaired) electrons. The summed E-state index contributed by atoms with van der Waals surface area (Å²) in [4.78, 5) is 0. The van der Waals surface area contributed by atoms with Gasteiger partial charge in [-0.05, 0) is 54.1 Å². The molecule has 0 aliphatic heterocycles. The molecule has 0 atom stereocenters. The van der Waals surface area contributed by atoms with E-state index in [0.29, 0.717) is 18.0 Å². The van der Waals surface area contributed by atoms with E-state index in [1.165, 1.54) is 6.07 Å². The first kappa shape index (κ1) is 17.5. The number of benzene rings is 3. The molecule has 3 rings (SSSR count). The van der Waals surface area contributed by atoms with Gasteiger partial charge in [0.1, 0.15) is 17.2 Å². The summed E-state index contributed by atoms with van der Waals surface area (Å²) in [6.07, 6.45) is 0. The Labute approximate surface area is 149 Å². The number of halogens is 2. The zero-order chi connectivity index (χ0) is 18.5. The minimum Gasteiger partial charge on any atom is -0.503 e. The summed E-state index contributed by atoms with van der Waals surface area (Å²) in [5, 5.41) is 12.5. The molecular formula is C20H17F2NO3. The van der Waals surface area contributed by atoms with Gasteiger partial charge in [-0.3, -0.25) is 0 Å². The van der Waals surface area contributed by atoms with Crippen molar-refractivity contribution in [2.24, 2.45) is 0 Å². The third-order valence-electron chi connectivity index (χ3n) is 3.75. The number of aromatic hydroxyl groups is 1. The molecule has 3 aromatic carbocycles. The van der Waals surface area contributed by atoms with Gasteiger partial charge in [-0.25, -0.2) is 4.39 Å². The van der Waals surface area contributed by atoms with E-state index in [2.05, 4.69) is 5.32 Å². The molecule has 0 bridgehead atoms. The zero-order valence-corrected chi connectivity index (χ0v) is 14.0. The van der Waals surface area contributed by atoms with E-state index in [1.807, 2.05) is 24.3 Å². The van der Waals surface area contributed by atoms with E-state index in [1.54, 1.807) is 31.4 Å². The Morgan fingerprint density at radius 2 is 1.65 bits per heavy atom. The van der Waals surface area contributed by atoms with Crippen LogP contribution in [0.5, 0.6) is 23.0 Å². The molecule has 0 aliphatic rings. The van der Waals surface area contributed by atoms with Crippen LogP contribution in [0.3, 0.4) is 0 Å². The molecule has 0 aromatic heterocycles. The van der Waals surface area contributed by atoms with E-state index >= 15 is 0 Å². The van der Waals surface area contributed by atoms with E-state index < -0.39 is 17.4 Å². The van der Waals surface area contributed by atoms with Crippen LogP contribution >= 0.6 is 0 Å². The number of rotatable bonds is 6. The fraction of sp³-hybridized carbons (Fsp3) is 0.100. The van der Waals surface area contributed by atoms with Gasteiger partial charge in [0.25, 0.3) is 0 Å². The fourth-order valence-electron chi connectivity index (χ4n) is 2.38. The predicted octanol–water partition coefficient (Wildman–Crippen LogP) is 5.08. The highest BCUT2D eigenvalue weighted by molar-refractivity contribution is 5.56. The molecule has 0 saturated heterocycles. The van der Waals surface area contributed by atoms with Crippen molar-refractivity contribution in [3.8, 4) is 23.0 Å². The summed E-state index contributed by atoms with van der Waals surface area (Å²) in [5.74, 6) is -1.08. The monoisotopic (exact) mass is 357 g/mol. The van der Waals surface area contributed by atoms with Crippen LogP contribution in [-0.2, 0) is 6.54 Å². The second kappa shape index (κ2) is 7.74. The average Bonchev–Trinajstić information content (AvgIpc) is 2.66. The SMILES string of the molecule is COc1ccc(Oc2cccc(CNc3ccc(F)c(F)c3O)c2)cc1. The van der Waals surface area contributed by atoms with E-state index in [9.17, 15) is 13.9 Å². The maximum atomic E-state index is 13.4. The highest BCUT2D eigenvalue weighted by Gasteiger charge is 2.12. The molecule has 2 N–H and O–H groups in total. The first-order chi connectivity index (χ1) is 12.6. The number of hydrogen-bond donors (Lipinski definition) is 2. The largest absolute Gasteiger partial charge is 0.503 e. The van der Waals surface area contributed by atoms with Gasteiger partial charge in [-0.15, -0.1) is 0 Å². The van der Waals surface area contributed by atoms with E-state index in [0.717, 1.165) is 17.4 Å². The van der Waals surface area contributed by atoms with E-state index in [4.69, 9.17) is 9.47 Å². The van der Waals surface area contributed by atoms with Crippen LogP contribution in [0.15, 0.2) is 60.7 Å². The average molecular weight is 357 g/mol. The number of hydrogen-bond acceptors (Lipinski definition) is 4. The lowest BCUT2D eigenvalue weighted by molar-refractivity contribution is 0.409. The van der Waals surface area contributed by atoms with Gasteiger partial charge in [0, 0.05) is 6.54 Å². The Balaban J connectivity index is 1.68. The molecule has 0 aliphatic carbocycles. The lowest BCUT2D eigenvalue weighted by Gasteiger charge is -2.11. The Morgan fingerprint density at radius 3 is 2.38 bits per heavy atom. The molecule has 0 spiro atoms. The molecule has 0 unspecified atom stereocenters.